The van der Waals surface area contributed by atoms with E-state index in [-0.39, 0.29) is 0 Å². The van der Waals surface area contributed by atoms with Gasteiger partial charge in [0, 0.05) is 6.04 Å². The monoisotopic (exact) mass is 260 g/mol. The Labute approximate surface area is 113 Å². The molecular formula is C13H20N6. The highest BCUT2D eigenvalue weighted by Crippen LogP contribution is 2.20. The lowest BCUT2D eigenvalue weighted by Gasteiger charge is -2.25. The van der Waals surface area contributed by atoms with Crippen LogP contribution in [0.1, 0.15) is 24.9 Å². The SMILES string of the molecule is CC(c1cccc(-n2cnnn2)c1)N(C)CCCN. The van der Waals surface area contributed by atoms with Crippen molar-refractivity contribution in [2.45, 2.75) is 19.4 Å². The molecule has 2 aromatic rings. The van der Waals surface area contributed by atoms with E-state index < -0.39 is 0 Å². The first-order valence-electron chi connectivity index (χ1n) is 6.46. The Hall–Kier alpha value is -1.79. The zero-order valence-corrected chi connectivity index (χ0v) is 11.4. The maximum absolute atomic E-state index is 5.55. The molecule has 1 unspecified atom stereocenters. The Morgan fingerprint density at radius 2 is 2.26 bits per heavy atom. The van der Waals surface area contributed by atoms with E-state index in [4.69, 9.17) is 5.73 Å². The fourth-order valence-corrected chi connectivity index (χ4v) is 2.00. The van der Waals surface area contributed by atoms with E-state index in [9.17, 15) is 0 Å². The van der Waals surface area contributed by atoms with Crippen molar-refractivity contribution in [3.8, 4) is 5.69 Å². The van der Waals surface area contributed by atoms with E-state index in [1.807, 2.05) is 12.1 Å². The number of nitrogens with zero attached hydrogens (tertiary/aromatic N) is 5. The molecule has 2 N–H and O–H groups in total. The molecule has 0 spiro atoms. The van der Waals surface area contributed by atoms with E-state index in [1.165, 1.54) is 5.56 Å². The minimum Gasteiger partial charge on any atom is -0.330 e. The molecule has 1 heterocycles. The average Bonchev–Trinajstić information content (AvgIpc) is 2.98. The molecule has 19 heavy (non-hydrogen) atoms. The van der Waals surface area contributed by atoms with Crippen LogP contribution in [0, 0.1) is 0 Å². The maximum atomic E-state index is 5.55. The van der Waals surface area contributed by atoms with Crippen LogP contribution in [-0.4, -0.2) is 45.2 Å². The molecule has 0 aliphatic carbocycles. The van der Waals surface area contributed by atoms with Crippen LogP contribution < -0.4 is 5.73 Å². The quantitative estimate of drug-likeness (QED) is 0.839. The Bertz CT molecular complexity index is 496. The van der Waals surface area contributed by atoms with Gasteiger partial charge in [-0.2, -0.15) is 0 Å². The standard InChI is InChI=1S/C13H20N6/c1-11(18(2)8-4-7-14)12-5-3-6-13(9-12)19-10-15-16-17-19/h3,5-6,9-11H,4,7-8,14H2,1-2H3. The van der Waals surface area contributed by atoms with Crippen LogP contribution in [0.25, 0.3) is 5.69 Å². The fourth-order valence-electron chi connectivity index (χ4n) is 2.00. The van der Waals surface area contributed by atoms with Gasteiger partial charge in [-0.3, -0.25) is 4.90 Å². The molecule has 6 nitrogen and oxygen atoms in total. The molecule has 6 heteroatoms. The third kappa shape index (κ3) is 3.36. The second kappa shape index (κ2) is 6.40. The molecule has 0 radical (unpaired) electrons. The Morgan fingerprint density at radius 1 is 1.42 bits per heavy atom. The Morgan fingerprint density at radius 3 is 2.95 bits per heavy atom. The van der Waals surface area contributed by atoms with Gasteiger partial charge in [0.2, 0.25) is 0 Å². The van der Waals surface area contributed by atoms with Gasteiger partial charge >= 0.3 is 0 Å². The minimum absolute atomic E-state index is 0.336. The second-order valence-corrected chi connectivity index (χ2v) is 4.65. The molecule has 0 saturated heterocycles. The van der Waals surface area contributed by atoms with Crippen LogP contribution in [0.5, 0.6) is 0 Å². The van der Waals surface area contributed by atoms with Gasteiger partial charge in [0.1, 0.15) is 6.33 Å². The fraction of sp³-hybridized carbons (Fsp3) is 0.462. The molecule has 1 atom stereocenters. The maximum Gasteiger partial charge on any atom is 0.143 e. The molecule has 0 fully saturated rings. The molecule has 0 bridgehead atoms. The van der Waals surface area contributed by atoms with Crippen LogP contribution in [0.3, 0.4) is 0 Å². The van der Waals surface area contributed by atoms with E-state index in [0.717, 1.165) is 25.2 Å². The molecule has 1 aromatic carbocycles. The van der Waals surface area contributed by atoms with Crippen molar-refractivity contribution in [1.29, 1.82) is 0 Å². The zero-order valence-electron chi connectivity index (χ0n) is 11.4. The van der Waals surface area contributed by atoms with Crippen molar-refractivity contribution in [1.82, 2.24) is 25.1 Å². The molecule has 1 aromatic heterocycles. The smallest absolute Gasteiger partial charge is 0.143 e. The number of aromatic nitrogens is 4. The summed E-state index contributed by atoms with van der Waals surface area (Å²) in [5.41, 5.74) is 7.77. The zero-order chi connectivity index (χ0) is 13.7. The first-order chi connectivity index (χ1) is 9.22. The van der Waals surface area contributed by atoms with Crippen molar-refractivity contribution in [3.63, 3.8) is 0 Å². The molecule has 102 valence electrons. The lowest BCUT2D eigenvalue weighted by atomic mass is 10.1. The summed E-state index contributed by atoms with van der Waals surface area (Å²) in [5, 5.41) is 11.2. The molecule has 0 amide bonds. The highest BCUT2D eigenvalue weighted by molar-refractivity contribution is 5.35. The van der Waals surface area contributed by atoms with Crippen molar-refractivity contribution < 1.29 is 0 Å². The predicted molar refractivity (Wildman–Crippen MR) is 73.9 cm³/mol. The van der Waals surface area contributed by atoms with E-state index >= 15 is 0 Å². The summed E-state index contributed by atoms with van der Waals surface area (Å²) in [6, 6.07) is 8.59. The van der Waals surface area contributed by atoms with E-state index in [0.29, 0.717) is 6.04 Å². The summed E-state index contributed by atoms with van der Waals surface area (Å²) in [6.07, 6.45) is 2.61. The number of hydrogen-bond donors (Lipinski definition) is 1. The summed E-state index contributed by atoms with van der Waals surface area (Å²) in [6.45, 7) is 3.91. The summed E-state index contributed by atoms with van der Waals surface area (Å²) < 4.78 is 1.66. The summed E-state index contributed by atoms with van der Waals surface area (Å²) in [7, 11) is 2.12. The van der Waals surface area contributed by atoms with E-state index in [1.54, 1.807) is 11.0 Å². The van der Waals surface area contributed by atoms with Crippen molar-refractivity contribution in [2.75, 3.05) is 20.1 Å². The normalized spacial score (nSPS) is 12.8. The van der Waals surface area contributed by atoms with Gasteiger partial charge < -0.3 is 5.73 Å². The molecule has 0 saturated carbocycles. The van der Waals surface area contributed by atoms with Crippen LogP contribution in [-0.2, 0) is 0 Å². The van der Waals surface area contributed by atoms with Crippen LogP contribution in [0.15, 0.2) is 30.6 Å². The average molecular weight is 260 g/mol. The number of tetrazole rings is 1. The third-order valence-corrected chi connectivity index (χ3v) is 3.34. The number of rotatable bonds is 6. The molecule has 0 aliphatic heterocycles. The van der Waals surface area contributed by atoms with Gasteiger partial charge in [0.05, 0.1) is 5.69 Å². The Kier molecular flexibility index (Phi) is 4.59. The predicted octanol–water partition coefficient (Wildman–Crippen LogP) is 1.00. The highest BCUT2D eigenvalue weighted by Gasteiger charge is 2.12. The number of nitrogens with two attached hydrogens (primary N) is 1. The topological polar surface area (TPSA) is 72.9 Å². The van der Waals surface area contributed by atoms with Crippen molar-refractivity contribution in [2.24, 2.45) is 5.73 Å². The first-order valence-corrected chi connectivity index (χ1v) is 6.46. The van der Waals surface area contributed by atoms with Gasteiger partial charge in [-0.15, -0.1) is 5.10 Å². The van der Waals surface area contributed by atoms with Gasteiger partial charge in [-0.05, 0) is 61.6 Å². The minimum atomic E-state index is 0.336. The third-order valence-electron chi connectivity index (χ3n) is 3.34. The second-order valence-electron chi connectivity index (χ2n) is 4.65. The van der Waals surface area contributed by atoms with Crippen molar-refractivity contribution >= 4 is 0 Å². The molecular weight excluding hydrogens is 240 g/mol. The summed E-state index contributed by atoms with van der Waals surface area (Å²) >= 11 is 0. The van der Waals surface area contributed by atoms with Gasteiger partial charge in [-0.1, -0.05) is 12.1 Å². The Balaban J connectivity index is 2.14. The highest BCUT2D eigenvalue weighted by atomic mass is 15.5. The van der Waals surface area contributed by atoms with Gasteiger partial charge in [-0.25, -0.2) is 4.68 Å². The van der Waals surface area contributed by atoms with E-state index in [2.05, 4.69) is 46.5 Å². The summed E-state index contributed by atoms with van der Waals surface area (Å²) in [4.78, 5) is 2.30. The number of hydrogen-bond acceptors (Lipinski definition) is 5. The molecule has 2 rings (SSSR count). The molecule has 0 aliphatic rings. The summed E-state index contributed by atoms with van der Waals surface area (Å²) in [5.74, 6) is 0. The van der Waals surface area contributed by atoms with Crippen LogP contribution >= 0.6 is 0 Å². The number of benzene rings is 1. The van der Waals surface area contributed by atoms with Gasteiger partial charge in [0.25, 0.3) is 0 Å². The van der Waals surface area contributed by atoms with Crippen molar-refractivity contribution in [3.05, 3.63) is 36.2 Å². The van der Waals surface area contributed by atoms with Gasteiger partial charge in [0.15, 0.2) is 0 Å². The lowest BCUT2D eigenvalue weighted by molar-refractivity contribution is 0.260. The lowest BCUT2D eigenvalue weighted by Crippen LogP contribution is -2.25. The van der Waals surface area contributed by atoms with Crippen LogP contribution in [0.2, 0.25) is 0 Å². The van der Waals surface area contributed by atoms with Crippen LogP contribution in [0.4, 0.5) is 0 Å². The first kappa shape index (κ1) is 13.6. The largest absolute Gasteiger partial charge is 0.330 e.